The summed E-state index contributed by atoms with van der Waals surface area (Å²) in [6, 6.07) is 17.1. The Morgan fingerprint density at radius 2 is 1.68 bits per heavy atom. The lowest BCUT2D eigenvalue weighted by Crippen LogP contribution is -2.60. The Labute approximate surface area is 239 Å². The Hall–Kier alpha value is -3.43. The molecule has 3 aromatic rings. The van der Waals surface area contributed by atoms with Gasteiger partial charge in [-0.15, -0.1) is 0 Å². The lowest BCUT2D eigenvalue weighted by molar-refractivity contribution is -0.134. The average molecular weight is 558 g/mol. The number of thioether (sulfide) groups is 1. The molecule has 3 aliphatic rings. The number of carbonyl (C=O) groups is 3. The van der Waals surface area contributed by atoms with E-state index in [1.807, 2.05) is 80.2 Å². The predicted molar refractivity (Wildman–Crippen MR) is 158 cm³/mol. The Kier molecular flexibility index (Phi) is 6.62. The molecular weight excluding hydrogens is 522 g/mol. The van der Waals surface area contributed by atoms with Gasteiger partial charge >= 0.3 is 6.03 Å². The average Bonchev–Trinajstić information content (AvgIpc) is 3.27. The van der Waals surface area contributed by atoms with Gasteiger partial charge in [0, 0.05) is 53.8 Å². The quantitative estimate of drug-likeness (QED) is 0.431. The zero-order chi connectivity index (χ0) is 28.2. The van der Waals surface area contributed by atoms with Crippen molar-refractivity contribution in [3.63, 3.8) is 0 Å². The second-order valence-electron chi connectivity index (χ2n) is 11.9. The molecule has 0 spiro atoms. The molecule has 2 aromatic carbocycles. The number of urea groups is 1. The van der Waals surface area contributed by atoms with Crippen LogP contribution in [0.5, 0.6) is 0 Å². The van der Waals surface area contributed by atoms with Gasteiger partial charge in [0.05, 0.1) is 12.1 Å². The van der Waals surface area contributed by atoms with Crippen LogP contribution in [-0.4, -0.2) is 80.4 Å². The zero-order valence-electron chi connectivity index (χ0n) is 23.5. The van der Waals surface area contributed by atoms with Gasteiger partial charge in [-0.1, -0.05) is 50.2 Å². The van der Waals surface area contributed by atoms with Gasteiger partial charge in [0.25, 0.3) is 5.91 Å². The van der Waals surface area contributed by atoms with Crippen LogP contribution in [0.1, 0.15) is 38.8 Å². The topological polar surface area (TPSA) is 77.1 Å². The first kappa shape index (κ1) is 26.8. The van der Waals surface area contributed by atoms with E-state index in [0.717, 1.165) is 52.3 Å². The number of pyridine rings is 1. The van der Waals surface area contributed by atoms with Crippen molar-refractivity contribution in [2.45, 2.75) is 51.4 Å². The van der Waals surface area contributed by atoms with Gasteiger partial charge in [-0.25, -0.2) is 9.69 Å². The SMILES string of the molecule is CC1(C)c2ccccc2N(C(=O)CN2CCSCC2)C1N1C(=O)N(Cc2ccnc3ccccc23)C(C)(C)C1=O. The number of hydrogen-bond donors (Lipinski definition) is 0. The number of para-hydroxylation sites is 2. The molecule has 8 nitrogen and oxygen atoms in total. The van der Waals surface area contributed by atoms with Crippen LogP contribution in [0.4, 0.5) is 10.5 Å². The monoisotopic (exact) mass is 557 g/mol. The fourth-order valence-electron chi connectivity index (χ4n) is 6.37. The molecule has 0 saturated carbocycles. The first-order chi connectivity index (χ1) is 19.1. The minimum absolute atomic E-state index is 0.0908. The van der Waals surface area contributed by atoms with Gasteiger partial charge < -0.3 is 4.90 Å². The van der Waals surface area contributed by atoms with Crippen molar-refractivity contribution in [1.29, 1.82) is 0 Å². The molecule has 208 valence electrons. The molecule has 2 saturated heterocycles. The summed E-state index contributed by atoms with van der Waals surface area (Å²) in [6.45, 7) is 9.85. The molecule has 0 radical (unpaired) electrons. The molecule has 40 heavy (non-hydrogen) atoms. The number of imide groups is 1. The first-order valence-electron chi connectivity index (χ1n) is 13.8. The third-order valence-electron chi connectivity index (χ3n) is 8.65. The summed E-state index contributed by atoms with van der Waals surface area (Å²) in [4.78, 5) is 53.9. The lowest BCUT2D eigenvalue weighted by atomic mass is 9.83. The highest BCUT2D eigenvalue weighted by Gasteiger charge is 2.60. The van der Waals surface area contributed by atoms with E-state index in [1.165, 1.54) is 4.90 Å². The highest BCUT2D eigenvalue weighted by Crippen LogP contribution is 2.48. The molecule has 1 aromatic heterocycles. The van der Waals surface area contributed by atoms with Gasteiger partial charge in [0.1, 0.15) is 11.7 Å². The Balaban J connectivity index is 1.38. The van der Waals surface area contributed by atoms with Crippen LogP contribution in [0, 0.1) is 0 Å². The van der Waals surface area contributed by atoms with Crippen LogP contribution < -0.4 is 4.90 Å². The van der Waals surface area contributed by atoms with Crippen LogP contribution in [-0.2, 0) is 21.5 Å². The third kappa shape index (κ3) is 4.18. The smallest absolute Gasteiger partial charge is 0.306 e. The maximum Gasteiger partial charge on any atom is 0.329 e. The summed E-state index contributed by atoms with van der Waals surface area (Å²) in [5, 5.41) is 0.949. The van der Waals surface area contributed by atoms with Crippen LogP contribution in [0.25, 0.3) is 10.9 Å². The standard InChI is InChI=1S/C31H35N5O3S/c1-30(2)23-10-6-8-12-25(23)35(26(37)20-33-15-17-40-18-16-33)27(30)36-28(38)31(3,4)34(29(36)39)19-21-13-14-32-24-11-7-5-9-22(21)24/h5-14,27H,15-20H2,1-4H3. The van der Waals surface area contributed by atoms with Crippen molar-refractivity contribution in [2.75, 3.05) is 36.0 Å². The molecule has 6 rings (SSSR count). The summed E-state index contributed by atoms with van der Waals surface area (Å²) in [5.74, 6) is 1.60. The molecule has 9 heteroatoms. The van der Waals surface area contributed by atoms with Crippen molar-refractivity contribution >= 4 is 46.2 Å². The summed E-state index contributed by atoms with van der Waals surface area (Å²) >= 11 is 1.90. The van der Waals surface area contributed by atoms with E-state index in [-0.39, 0.29) is 30.9 Å². The molecule has 1 unspecified atom stereocenters. The van der Waals surface area contributed by atoms with E-state index < -0.39 is 17.1 Å². The van der Waals surface area contributed by atoms with Crippen molar-refractivity contribution in [3.05, 3.63) is 71.9 Å². The van der Waals surface area contributed by atoms with E-state index in [2.05, 4.69) is 9.88 Å². The van der Waals surface area contributed by atoms with E-state index in [0.29, 0.717) is 0 Å². The van der Waals surface area contributed by atoms with Gasteiger partial charge in [-0.2, -0.15) is 11.8 Å². The molecule has 4 heterocycles. The minimum Gasteiger partial charge on any atom is -0.306 e. The zero-order valence-corrected chi connectivity index (χ0v) is 24.3. The number of carbonyl (C=O) groups excluding carboxylic acids is 3. The summed E-state index contributed by atoms with van der Waals surface area (Å²) in [7, 11) is 0. The maximum atomic E-state index is 14.3. The second kappa shape index (κ2) is 9.89. The molecule has 3 aliphatic heterocycles. The molecule has 0 aliphatic carbocycles. The van der Waals surface area contributed by atoms with Crippen molar-refractivity contribution in [2.24, 2.45) is 0 Å². The van der Waals surface area contributed by atoms with E-state index in [1.54, 1.807) is 29.8 Å². The largest absolute Gasteiger partial charge is 0.329 e. The molecular formula is C31H35N5O3S. The predicted octanol–water partition coefficient (Wildman–Crippen LogP) is 4.48. The molecule has 0 bridgehead atoms. The first-order valence-corrected chi connectivity index (χ1v) is 15.0. The molecule has 4 amide bonds. The summed E-state index contributed by atoms with van der Waals surface area (Å²) in [6.07, 6.45) is 0.969. The molecule has 1 atom stereocenters. The fourth-order valence-corrected chi connectivity index (χ4v) is 7.35. The normalized spacial score (nSPS) is 22.3. The third-order valence-corrected chi connectivity index (χ3v) is 9.59. The van der Waals surface area contributed by atoms with E-state index in [9.17, 15) is 14.4 Å². The van der Waals surface area contributed by atoms with E-state index in [4.69, 9.17) is 0 Å². The number of nitrogens with zero attached hydrogens (tertiary/aromatic N) is 5. The summed E-state index contributed by atoms with van der Waals surface area (Å²) < 4.78 is 0. The number of hydrogen-bond acceptors (Lipinski definition) is 6. The lowest BCUT2D eigenvalue weighted by Gasteiger charge is -2.39. The Bertz CT molecular complexity index is 1490. The highest BCUT2D eigenvalue weighted by atomic mass is 32.2. The Morgan fingerprint density at radius 1 is 0.975 bits per heavy atom. The van der Waals surface area contributed by atoms with Crippen LogP contribution in [0.3, 0.4) is 0 Å². The van der Waals surface area contributed by atoms with Crippen LogP contribution >= 0.6 is 11.8 Å². The van der Waals surface area contributed by atoms with E-state index >= 15 is 0 Å². The van der Waals surface area contributed by atoms with Crippen molar-refractivity contribution in [3.8, 4) is 0 Å². The number of amides is 4. The van der Waals surface area contributed by atoms with Crippen LogP contribution in [0.15, 0.2) is 60.8 Å². The number of fused-ring (bicyclic) bond motifs is 2. The summed E-state index contributed by atoms with van der Waals surface area (Å²) in [5.41, 5.74) is 1.74. The van der Waals surface area contributed by atoms with Gasteiger partial charge in [-0.3, -0.25) is 24.4 Å². The maximum absolute atomic E-state index is 14.3. The number of aromatic nitrogens is 1. The highest BCUT2D eigenvalue weighted by molar-refractivity contribution is 7.99. The van der Waals surface area contributed by atoms with Gasteiger partial charge in [0.2, 0.25) is 5.91 Å². The minimum atomic E-state index is -1.09. The Morgan fingerprint density at radius 3 is 2.45 bits per heavy atom. The number of benzene rings is 2. The van der Waals surface area contributed by atoms with Crippen LogP contribution in [0.2, 0.25) is 0 Å². The second-order valence-corrected chi connectivity index (χ2v) is 13.1. The number of anilines is 1. The van der Waals surface area contributed by atoms with Gasteiger partial charge in [0.15, 0.2) is 0 Å². The number of rotatable bonds is 5. The molecule has 2 fully saturated rings. The van der Waals surface area contributed by atoms with Gasteiger partial charge in [-0.05, 0) is 43.2 Å². The fraction of sp³-hybridized carbons (Fsp3) is 0.419. The van der Waals surface area contributed by atoms with Crippen molar-refractivity contribution in [1.82, 2.24) is 19.7 Å². The molecule has 0 N–H and O–H groups in total. The van der Waals surface area contributed by atoms with Crippen molar-refractivity contribution < 1.29 is 14.4 Å².